The van der Waals surface area contributed by atoms with Crippen molar-refractivity contribution in [1.29, 1.82) is 5.26 Å². The van der Waals surface area contributed by atoms with E-state index < -0.39 is 5.54 Å². The van der Waals surface area contributed by atoms with Gasteiger partial charge in [0.05, 0.1) is 11.8 Å². The number of rotatable bonds is 9. The van der Waals surface area contributed by atoms with Crippen molar-refractivity contribution in [3.8, 4) is 6.07 Å². The van der Waals surface area contributed by atoms with Crippen molar-refractivity contribution in [2.24, 2.45) is 0 Å². The average molecular weight is 269 g/mol. The van der Waals surface area contributed by atoms with Crippen LogP contribution in [-0.2, 0) is 4.79 Å². The third-order valence-corrected chi connectivity index (χ3v) is 4.00. The molecule has 1 fully saturated rings. The van der Waals surface area contributed by atoms with Crippen molar-refractivity contribution < 1.29 is 4.79 Å². The van der Waals surface area contributed by atoms with Gasteiger partial charge in [-0.15, -0.1) is 0 Å². The summed E-state index contributed by atoms with van der Waals surface area (Å²) in [6.07, 6.45) is 4.06. The topological polar surface area (TPSA) is 64.9 Å². The molecule has 0 aromatic rings. The van der Waals surface area contributed by atoms with Crippen LogP contribution in [0.1, 0.15) is 39.5 Å². The number of thioether (sulfide) groups is 1. The van der Waals surface area contributed by atoms with Gasteiger partial charge in [0.25, 0.3) is 0 Å². The first-order valence-electron chi connectivity index (χ1n) is 6.63. The summed E-state index contributed by atoms with van der Waals surface area (Å²) in [6, 6.07) is 2.77. The summed E-state index contributed by atoms with van der Waals surface area (Å²) in [7, 11) is 0. The monoisotopic (exact) mass is 269 g/mol. The van der Waals surface area contributed by atoms with E-state index in [1.54, 1.807) is 11.8 Å². The summed E-state index contributed by atoms with van der Waals surface area (Å²) in [5.74, 6) is 1.62. The number of carbonyl (C=O) groups excluding carboxylic acids is 1. The van der Waals surface area contributed by atoms with Crippen LogP contribution in [0.3, 0.4) is 0 Å². The third-order valence-electron chi connectivity index (χ3n) is 2.95. The molecule has 5 heteroatoms. The Bertz CT molecular complexity index is 312. The number of hydrogen-bond acceptors (Lipinski definition) is 4. The lowest BCUT2D eigenvalue weighted by molar-refractivity contribution is -0.118. The minimum absolute atomic E-state index is 0.150. The molecule has 2 N–H and O–H groups in total. The number of hydrogen-bond donors (Lipinski definition) is 2. The Morgan fingerprint density at radius 2 is 2.28 bits per heavy atom. The van der Waals surface area contributed by atoms with Crippen LogP contribution in [0.15, 0.2) is 0 Å². The lowest BCUT2D eigenvalue weighted by atomic mass is 9.98. The molecule has 0 saturated heterocycles. The lowest BCUT2D eigenvalue weighted by Gasteiger charge is -2.22. The first-order valence-corrected chi connectivity index (χ1v) is 7.78. The Kier molecular flexibility index (Phi) is 6.51. The molecule has 1 aliphatic rings. The molecule has 0 bridgehead atoms. The molecule has 1 amide bonds. The second-order valence-corrected chi connectivity index (χ2v) is 6.08. The second-order valence-electron chi connectivity index (χ2n) is 4.97. The quantitative estimate of drug-likeness (QED) is 0.625. The van der Waals surface area contributed by atoms with E-state index >= 15 is 0 Å². The first-order chi connectivity index (χ1) is 8.59. The number of nitriles is 1. The summed E-state index contributed by atoms with van der Waals surface area (Å²) >= 11 is 1.65. The molecule has 0 aromatic heterocycles. The Morgan fingerprint density at radius 1 is 1.56 bits per heavy atom. The van der Waals surface area contributed by atoms with E-state index in [0.717, 1.165) is 38.0 Å². The Hall–Kier alpha value is -0.730. The van der Waals surface area contributed by atoms with Gasteiger partial charge in [0, 0.05) is 6.04 Å². The molecule has 0 aliphatic heterocycles. The first kappa shape index (κ1) is 15.3. The average Bonchev–Trinajstić information content (AvgIpc) is 3.13. The SMILES string of the molecule is CCNC(C)(C#N)CCCSCC(=O)NC1CC1. The van der Waals surface area contributed by atoms with Gasteiger partial charge in [0.1, 0.15) is 5.54 Å². The van der Waals surface area contributed by atoms with Crippen molar-refractivity contribution in [2.75, 3.05) is 18.1 Å². The number of nitrogens with zero attached hydrogens (tertiary/aromatic N) is 1. The summed E-state index contributed by atoms with van der Waals surface area (Å²) in [5, 5.41) is 15.2. The molecule has 0 spiro atoms. The molecule has 1 atom stereocenters. The third kappa shape index (κ3) is 6.27. The van der Waals surface area contributed by atoms with Crippen LogP contribution in [0.5, 0.6) is 0 Å². The largest absolute Gasteiger partial charge is 0.353 e. The van der Waals surface area contributed by atoms with Crippen molar-refractivity contribution in [3.63, 3.8) is 0 Å². The molecule has 0 radical (unpaired) electrons. The number of amides is 1. The fourth-order valence-electron chi connectivity index (χ4n) is 1.76. The van der Waals surface area contributed by atoms with Gasteiger partial charge >= 0.3 is 0 Å². The molecular weight excluding hydrogens is 246 g/mol. The Labute approximate surface area is 114 Å². The highest BCUT2D eigenvalue weighted by atomic mass is 32.2. The fraction of sp³-hybridized carbons (Fsp3) is 0.846. The normalized spacial score (nSPS) is 17.8. The zero-order valence-corrected chi connectivity index (χ0v) is 12.1. The van der Waals surface area contributed by atoms with E-state index in [1.165, 1.54) is 0 Å². The smallest absolute Gasteiger partial charge is 0.230 e. The van der Waals surface area contributed by atoms with Gasteiger partial charge in [-0.1, -0.05) is 6.92 Å². The van der Waals surface area contributed by atoms with Crippen LogP contribution in [0.2, 0.25) is 0 Å². The highest BCUT2D eigenvalue weighted by Gasteiger charge is 2.23. The lowest BCUT2D eigenvalue weighted by Crippen LogP contribution is -2.40. The van der Waals surface area contributed by atoms with E-state index in [9.17, 15) is 4.79 Å². The van der Waals surface area contributed by atoms with Crippen LogP contribution in [0.25, 0.3) is 0 Å². The highest BCUT2D eigenvalue weighted by Crippen LogP contribution is 2.19. The summed E-state index contributed by atoms with van der Waals surface area (Å²) in [4.78, 5) is 11.4. The minimum Gasteiger partial charge on any atom is -0.353 e. The maximum atomic E-state index is 11.4. The molecule has 1 aliphatic carbocycles. The van der Waals surface area contributed by atoms with Crippen LogP contribution in [0.4, 0.5) is 0 Å². The predicted octanol–water partition coefficient (Wildman–Crippen LogP) is 1.67. The van der Waals surface area contributed by atoms with Crippen molar-refractivity contribution >= 4 is 17.7 Å². The van der Waals surface area contributed by atoms with E-state index in [2.05, 4.69) is 16.7 Å². The summed E-state index contributed by atoms with van der Waals surface area (Å²) < 4.78 is 0. The Morgan fingerprint density at radius 3 is 2.83 bits per heavy atom. The molecule has 18 heavy (non-hydrogen) atoms. The van der Waals surface area contributed by atoms with Crippen LogP contribution in [-0.4, -0.2) is 35.5 Å². The number of nitrogens with one attached hydrogen (secondary N) is 2. The molecule has 1 saturated carbocycles. The van der Waals surface area contributed by atoms with E-state index in [4.69, 9.17) is 5.26 Å². The molecule has 102 valence electrons. The zero-order valence-electron chi connectivity index (χ0n) is 11.3. The molecule has 0 heterocycles. The van der Waals surface area contributed by atoms with Crippen LogP contribution >= 0.6 is 11.8 Å². The summed E-state index contributed by atoms with van der Waals surface area (Å²) in [5.41, 5.74) is -0.425. The minimum atomic E-state index is -0.425. The standard InChI is InChI=1S/C13H23N3OS/c1-3-15-13(2,10-14)7-4-8-18-9-12(17)16-11-5-6-11/h11,15H,3-9H2,1-2H3,(H,16,17). The van der Waals surface area contributed by atoms with Crippen molar-refractivity contribution in [3.05, 3.63) is 0 Å². The van der Waals surface area contributed by atoms with Crippen molar-refractivity contribution in [1.82, 2.24) is 10.6 Å². The zero-order chi connectivity index (χ0) is 13.4. The maximum absolute atomic E-state index is 11.4. The Balaban J connectivity index is 2.03. The van der Waals surface area contributed by atoms with Gasteiger partial charge < -0.3 is 5.32 Å². The summed E-state index contributed by atoms with van der Waals surface area (Å²) in [6.45, 7) is 4.74. The van der Waals surface area contributed by atoms with E-state index in [-0.39, 0.29) is 5.91 Å². The number of carbonyl (C=O) groups is 1. The van der Waals surface area contributed by atoms with Gasteiger partial charge in [-0.3, -0.25) is 10.1 Å². The molecule has 0 aromatic carbocycles. The molecule has 1 rings (SSSR count). The predicted molar refractivity (Wildman–Crippen MR) is 75.4 cm³/mol. The van der Waals surface area contributed by atoms with Crippen LogP contribution < -0.4 is 10.6 Å². The van der Waals surface area contributed by atoms with Gasteiger partial charge in [-0.2, -0.15) is 17.0 Å². The van der Waals surface area contributed by atoms with E-state index in [1.807, 2.05) is 13.8 Å². The second kappa shape index (κ2) is 7.65. The van der Waals surface area contributed by atoms with Gasteiger partial charge in [-0.05, 0) is 44.9 Å². The van der Waals surface area contributed by atoms with E-state index in [0.29, 0.717) is 11.8 Å². The highest BCUT2D eigenvalue weighted by molar-refractivity contribution is 7.99. The van der Waals surface area contributed by atoms with Gasteiger partial charge in [-0.25, -0.2) is 0 Å². The molecular formula is C13H23N3OS. The van der Waals surface area contributed by atoms with Crippen molar-refractivity contribution in [2.45, 2.75) is 51.1 Å². The molecule has 1 unspecified atom stereocenters. The molecule has 4 nitrogen and oxygen atoms in total. The van der Waals surface area contributed by atoms with Crippen LogP contribution in [0, 0.1) is 11.3 Å². The fourth-order valence-corrected chi connectivity index (χ4v) is 2.53. The van der Waals surface area contributed by atoms with Gasteiger partial charge in [0.15, 0.2) is 0 Å². The maximum Gasteiger partial charge on any atom is 0.230 e. The van der Waals surface area contributed by atoms with Gasteiger partial charge in [0.2, 0.25) is 5.91 Å².